The van der Waals surface area contributed by atoms with E-state index in [4.69, 9.17) is 0 Å². The van der Waals surface area contributed by atoms with E-state index >= 15 is 0 Å². The number of carbonyl (C=O) groups is 1. The molecule has 2 heterocycles. The number of hydrogen-bond donors (Lipinski definition) is 0. The summed E-state index contributed by atoms with van der Waals surface area (Å²) in [6, 6.07) is 6.66. The standard InChI is InChI=1S/C19H28N2O/c1-15-6-7-16(2)18(12-15)14-20-11-8-17(13-20)19(22)21-9-4-3-5-10-21/h6-7,12,17H,3-5,8-11,13-14H2,1-2H3. The molecule has 0 radical (unpaired) electrons. The molecule has 3 rings (SSSR count). The molecule has 120 valence electrons. The highest BCUT2D eigenvalue weighted by Gasteiger charge is 2.31. The second kappa shape index (κ2) is 6.82. The van der Waals surface area contributed by atoms with Crippen LogP contribution in [0.2, 0.25) is 0 Å². The number of benzene rings is 1. The molecule has 0 aliphatic carbocycles. The van der Waals surface area contributed by atoms with E-state index in [-0.39, 0.29) is 5.92 Å². The zero-order valence-corrected chi connectivity index (χ0v) is 14.0. The maximum atomic E-state index is 12.6. The lowest BCUT2D eigenvalue weighted by molar-refractivity contribution is -0.136. The van der Waals surface area contributed by atoms with E-state index in [1.807, 2.05) is 0 Å². The summed E-state index contributed by atoms with van der Waals surface area (Å²) in [7, 11) is 0. The van der Waals surface area contributed by atoms with Crippen molar-refractivity contribution in [3.05, 3.63) is 34.9 Å². The number of aryl methyl sites for hydroxylation is 2. The molecule has 22 heavy (non-hydrogen) atoms. The first-order valence-electron chi connectivity index (χ1n) is 8.71. The molecule has 0 bridgehead atoms. The van der Waals surface area contributed by atoms with Crippen molar-refractivity contribution in [3.8, 4) is 0 Å². The van der Waals surface area contributed by atoms with Crippen molar-refractivity contribution in [1.82, 2.24) is 9.80 Å². The third-order valence-corrected chi connectivity index (χ3v) is 5.19. The van der Waals surface area contributed by atoms with Crippen molar-refractivity contribution in [2.45, 2.75) is 46.1 Å². The minimum atomic E-state index is 0.225. The first-order chi connectivity index (χ1) is 10.6. The number of amides is 1. The fourth-order valence-corrected chi connectivity index (χ4v) is 3.76. The van der Waals surface area contributed by atoms with Gasteiger partial charge in [-0.05, 0) is 57.2 Å². The lowest BCUT2D eigenvalue weighted by Gasteiger charge is -2.29. The Morgan fingerprint density at radius 3 is 2.68 bits per heavy atom. The summed E-state index contributed by atoms with van der Waals surface area (Å²) in [5.74, 6) is 0.631. The van der Waals surface area contributed by atoms with Crippen molar-refractivity contribution >= 4 is 5.91 Å². The van der Waals surface area contributed by atoms with Gasteiger partial charge in [0.05, 0.1) is 5.92 Å². The molecule has 1 aromatic rings. The fraction of sp³-hybridized carbons (Fsp3) is 0.632. The summed E-state index contributed by atoms with van der Waals surface area (Å²) < 4.78 is 0. The zero-order valence-electron chi connectivity index (χ0n) is 14.0. The van der Waals surface area contributed by atoms with Gasteiger partial charge in [-0.15, -0.1) is 0 Å². The fourth-order valence-electron chi connectivity index (χ4n) is 3.76. The lowest BCUT2D eigenvalue weighted by Crippen LogP contribution is -2.40. The number of rotatable bonds is 3. The van der Waals surface area contributed by atoms with E-state index in [2.05, 4.69) is 41.8 Å². The van der Waals surface area contributed by atoms with Gasteiger partial charge in [0.1, 0.15) is 0 Å². The van der Waals surface area contributed by atoms with E-state index in [1.54, 1.807) is 0 Å². The Kier molecular flexibility index (Phi) is 4.82. The molecule has 1 atom stereocenters. The molecule has 0 N–H and O–H groups in total. The van der Waals surface area contributed by atoms with Crippen LogP contribution in [0, 0.1) is 19.8 Å². The van der Waals surface area contributed by atoms with E-state index in [0.29, 0.717) is 5.91 Å². The molecular formula is C19H28N2O. The van der Waals surface area contributed by atoms with Crippen LogP contribution >= 0.6 is 0 Å². The molecule has 2 aliphatic heterocycles. The van der Waals surface area contributed by atoms with Crippen LogP contribution in [0.1, 0.15) is 42.4 Å². The molecule has 0 aromatic heterocycles. The first-order valence-corrected chi connectivity index (χ1v) is 8.71. The number of carbonyl (C=O) groups excluding carboxylic acids is 1. The Morgan fingerprint density at radius 2 is 1.91 bits per heavy atom. The SMILES string of the molecule is Cc1ccc(C)c(CN2CCC(C(=O)N3CCCCC3)C2)c1. The molecule has 3 nitrogen and oxygen atoms in total. The molecule has 0 saturated carbocycles. The highest BCUT2D eigenvalue weighted by Crippen LogP contribution is 2.23. The summed E-state index contributed by atoms with van der Waals surface area (Å²) in [6.07, 6.45) is 4.68. The highest BCUT2D eigenvalue weighted by molar-refractivity contribution is 5.79. The normalized spacial score (nSPS) is 23.0. The van der Waals surface area contributed by atoms with E-state index in [0.717, 1.165) is 39.1 Å². The second-order valence-electron chi connectivity index (χ2n) is 7.04. The average Bonchev–Trinajstić information content (AvgIpc) is 2.99. The van der Waals surface area contributed by atoms with E-state index in [9.17, 15) is 4.79 Å². The summed E-state index contributed by atoms with van der Waals surface area (Å²) in [6.45, 7) is 9.26. The molecule has 2 aliphatic rings. The molecule has 1 amide bonds. The quantitative estimate of drug-likeness (QED) is 0.856. The first kappa shape index (κ1) is 15.5. The van der Waals surface area contributed by atoms with Crippen LogP contribution in [0.25, 0.3) is 0 Å². The van der Waals surface area contributed by atoms with Crippen LogP contribution in [0.4, 0.5) is 0 Å². The maximum Gasteiger partial charge on any atom is 0.227 e. The number of piperidine rings is 1. The summed E-state index contributed by atoms with van der Waals surface area (Å²) >= 11 is 0. The van der Waals surface area contributed by atoms with Crippen LogP contribution in [0.15, 0.2) is 18.2 Å². The van der Waals surface area contributed by atoms with Crippen molar-refractivity contribution in [1.29, 1.82) is 0 Å². The summed E-state index contributed by atoms with van der Waals surface area (Å²) in [5, 5.41) is 0. The Morgan fingerprint density at radius 1 is 1.14 bits per heavy atom. The van der Waals surface area contributed by atoms with Crippen LogP contribution in [0.3, 0.4) is 0 Å². The zero-order chi connectivity index (χ0) is 15.5. The van der Waals surface area contributed by atoms with Crippen LogP contribution in [0.5, 0.6) is 0 Å². The van der Waals surface area contributed by atoms with Crippen molar-refractivity contribution in [2.75, 3.05) is 26.2 Å². The van der Waals surface area contributed by atoms with E-state index < -0.39 is 0 Å². The molecule has 2 saturated heterocycles. The Hall–Kier alpha value is -1.35. The summed E-state index contributed by atoms with van der Waals surface area (Å²) in [4.78, 5) is 17.2. The molecule has 0 spiro atoms. The monoisotopic (exact) mass is 300 g/mol. The predicted octanol–water partition coefficient (Wildman–Crippen LogP) is 3.14. The van der Waals surface area contributed by atoms with Crippen molar-refractivity contribution in [3.63, 3.8) is 0 Å². The molecule has 3 heteroatoms. The van der Waals surface area contributed by atoms with Crippen LogP contribution in [-0.2, 0) is 11.3 Å². The van der Waals surface area contributed by atoms with Gasteiger partial charge in [-0.3, -0.25) is 9.69 Å². The molecule has 2 fully saturated rings. The van der Waals surface area contributed by atoms with Gasteiger partial charge in [0, 0.05) is 26.2 Å². The second-order valence-corrected chi connectivity index (χ2v) is 7.04. The maximum absolute atomic E-state index is 12.6. The topological polar surface area (TPSA) is 23.6 Å². The molecule has 1 aromatic carbocycles. The third-order valence-electron chi connectivity index (χ3n) is 5.19. The molecular weight excluding hydrogens is 272 g/mol. The summed E-state index contributed by atoms with van der Waals surface area (Å²) in [5.41, 5.74) is 4.09. The number of hydrogen-bond acceptors (Lipinski definition) is 2. The van der Waals surface area contributed by atoms with Gasteiger partial charge in [-0.2, -0.15) is 0 Å². The van der Waals surface area contributed by atoms with Gasteiger partial charge in [0.2, 0.25) is 5.91 Å². The van der Waals surface area contributed by atoms with Crippen LogP contribution in [-0.4, -0.2) is 41.9 Å². The predicted molar refractivity (Wildman–Crippen MR) is 89.7 cm³/mol. The van der Waals surface area contributed by atoms with Gasteiger partial charge >= 0.3 is 0 Å². The van der Waals surface area contributed by atoms with Crippen molar-refractivity contribution in [2.24, 2.45) is 5.92 Å². The minimum absolute atomic E-state index is 0.225. The Balaban J connectivity index is 1.57. The van der Waals surface area contributed by atoms with Gasteiger partial charge in [0.15, 0.2) is 0 Å². The van der Waals surface area contributed by atoms with E-state index in [1.165, 1.54) is 36.0 Å². The minimum Gasteiger partial charge on any atom is -0.342 e. The van der Waals surface area contributed by atoms with Gasteiger partial charge < -0.3 is 4.90 Å². The third kappa shape index (κ3) is 3.52. The van der Waals surface area contributed by atoms with Crippen molar-refractivity contribution < 1.29 is 4.79 Å². The Bertz CT molecular complexity index is 534. The largest absolute Gasteiger partial charge is 0.342 e. The average molecular weight is 300 g/mol. The molecule has 1 unspecified atom stereocenters. The van der Waals surface area contributed by atoms with Crippen LogP contribution < -0.4 is 0 Å². The number of nitrogens with zero attached hydrogens (tertiary/aromatic N) is 2. The lowest BCUT2D eigenvalue weighted by atomic mass is 10.0. The smallest absolute Gasteiger partial charge is 0.227 e. The number of likely N-dealkylation sites (tertiary alicyclic amines) is 2. The van der Waals surface area contributed by atoms with Gasteiger partial charge in [-0.1, -0.05) is 23.8 Å². The van der Waals surface area contributed by atoms with Gasteiger partial charge in [-0.25, -0.2) is 0 Å². The highest BCUT2D eigenvalue weighted by atomic mass is 16.2. The van der Waals surface area contributed by atoms with Gasteiger partial charge in [0.25, 0.3) is 0 Å². The Labute approximate surface area is 134 Å².